The van der Waals surface area contributed by atoms with Gasteiger partial charge in [0.2, 0.25) is 0 Å². The van der Waals surface area contributed by atoms with Crippen LogP contribution < -0.4 is 5.32 Å². The molecule has 0 aliphatic carbocycles. The van der Waals surface area contributed by atoms with Crippen molar-refractivity contribution in [2.24, 2.45) is 5.92 Å². The van der Waals surface area contributed by atoms with Crippen LogP contribution in [0, 0.1) is 5.92 Å². The van der Waals surface area contributed by atoms with E-state index in [-0.39, 0.29) is 24.0 Å². The highest BCUT2D eigenvalue weighted by molar-refractivity contribution is 7.99. The van der Waals surface area contributed by atoms with E-state index in [1.807, 2.05) is 11.8 Å². The van der Waals surface area contributed by atoms with Crippen molar-refractivity contribution in [1.82, 2.24) is 5.32 Å². The molecule has 0 radical (unpaired) electrons. The molecule has 0 saturated heterocycles. The molecule has 1 aliphatic heterocycles. The van der Waals surface area contributed by atoms with Gasteiger partial charge in [-0.25, -0.2) is 0 Å². The zero-order valence-corrected chi connectivity index (χ0v) is 15.0. The van der Waals surface area contributed by atoms with Crippen LogP contribution in [0.3, 0.4) is 0 Å². The second-order valence-electron chi connectivity index (χ2n) is 6.39. The van der Waals surface area contributed by atoms with Crippen LogP contribution in [0.1, 0.15) is 37.9 Å². The van der Waals surface area contributed by atoms with Crippen molar-refractivity contribution in [1.29, 1.82) is 0 Å². The largest absolute Gasteiger partial charge is 0.300 e. The number of benzene rings is 2. The molecular formula is C19H24ClNS. The summed E-state index contributed by atoms with van der Waals surface area (Å²) in [5.41, 5.74) is 2.88. The van der Waals surface area contributed by atoms with E-state index in [1.165, 1.54) is 16.0 Å². The Kier molecular flexibility index (Phi) is 5.60. The highest BCUT2D eigenvalue weighted by Crippen LogP contribution is 2.39. The summed E-state index contributed by atoms with van der Waals surface area (Å²) in [6.07, 6.45) is 0. The zero-order valence-electron chi connectivity index (χ0n) is 13.4. The fraction of sp³-hybridized carbons (Fsp3) is 0.368. The lowest BCUT2D eigenvalue weighted by atomic mass is 9.87. The molecule has 0 spiro atoms. The summed E-state index contributed by atoms with van der Waals surface area (Å²) in [5.74, 6) is 1.69. The first-order valence-corrected chi connectivity index (χ1v) is 8.63. The van der Waals surface area contributed by atoms with Crippen molar-refractivity contribution in [3.8, 4) is 0 Å². The Balaban J connectivity index is 0.00000176. The molecule has 0 aromatic heterocycles. The van der Waals surface area contributed by atoms with Crippen molar-refractivity contribution < 1.29 is 0 Å². The van der Waals surface area contributed by atoms with E-state index in [1.54, 1.807) is 0 Å². The fourth-order valence-corrected chi connectivity index (χ4v) is 4.17. The molecule has 22 heavy (non-hydrogen) atoms. The highest BCUT2D eigenvalue weighted by Gasteiger charge is 2.35. The minimum absolute atomic E-state index is 0. The van der Waals surface area contributed by atoms with Gasteiger partial charge < -0.3 is 0 Å². The molecule has 0 amide bonds. The summed E-state index contributed by atoms with van der Waals surface area (Å²) in [6.45, 7) is 6.98. The monoisotopic (exact) mass is 333 g/mol. The molecule has 3 heteroatoms. The average Bonchev–Trinajstić information content (AvgIpc) is 2.67. The Hall–Kier alpha value is -0.960. The lowest BCUT2D eigenvalue weighted by molar-refractivity contribution is 0.277. The third-order valence-electron chi connectivity index (χ3n) is 4.64. The molecule has 2 aromatic rings. The summed E-state index contributed by atoms with van der Waals surface area (Å²) in [6, 6.07) is 19.9. The summed E-state index contributed by atoms with van der Waals surface area (Å²) in [5, 5.41) is 3.94. The second-order valence-corrected chi connectivity index (χ2v) is 7.40. The van der Waals surface area contributed by atoms with Gasteiger partial charge in [0.05, 0.1) is 6.04 Å². The number of halogens is 1. The summed E-state index contributed by atoms with van der Waals surface area (Å²) in [7, 11) is 0. The molecular weight excluding hydrogens is 310 g/mol. The fourth-order valence-electron chi connectivity index (χ4n) is 2.77. The molecule has 0 saturated carbocycles. The lowest BCUT2D eigenvalue weighted by Gasteiger charge is -2.36. The van der Waals surface area contributed by atoms with Gasteiger partial charge in [0.1, 0.15) is 0 Å². The van der Waals surface area contributed by atoms with Gasteiger partial charge in [-0.15, -0.1) is 24.2 Å². The number of hydrogen-bond donors (Lipinski definition) is 1. The van der Waals surface area contributed by atoms with Gasteiger partial charge in [0, 0.05) is 16.2 Å². The van der Waals surface area contributed by atoms with Gasteiger partial charge in [0.25, 0.3) is 0 Å². The van der Waals surface area contributed by atoms with Crippen LogP contribution in [0.4, 0.5) is 0 Å². The molecule has 1 nitrogen and oxygen atoms in total. The number of hydrogen-bond acceptors (Lipinski definition) is 2. The van der Waals surface area contributed by atoms with E-state index >= 15 is 0 Å². The van der Waals surface area contributed by atoms with Gasteiger partial charge in [-0.1, -0.05) is 62.4 Å². The van der Waals surface area contributed by atoms with Gasteiger partial charge in [0.15, 0.2) is 0 Å². The van der Waals surface area contributed by atoms with Crippen LogP contribution in [0.25, 0.3) is 0 Å². The first kappa shape index (κ1) is 17.4. The number of nitrogens with one attached hydrogen (secondary N) is 1. The van der Waals surface area contributed by atoms with E-state index in [0.29, 0.717) is 5.92 Å². The maximum atomic E-state index is 3.94. The van der Waals surface area contributed by atoms with Crippen LogP contribution in [0.5, 0.6) is 0 Å². The van der Waals surface area contributed by atoms with Gasteiger partial charge >= 0.3 is 0 Å². The third kappa shape index (κ3) is 3.34. The first-order chi connectivity index (χ1) is 10.1. The molecule has 2 aromatic carbocycles. The molecule has 2 atom stereocenters. The van der Waals surface area contributed by atoms with E-state index in [9.17, 15) is 0 Å². The minimum Gasteiger partial charge on any atom is -0.300 e. The molecule has 0 unspecified atom stereocenters. The highest BCUT2D eigenvalue weighted by atomic mass is 35.5. The molecule has 0 fully saturated rings. The van der Waals surface area contributed by atoms with Crippen molar-refractivity contribution >= 4 is 24.2 Å². The number of thioether (sulfide) groups is 1. The standard InChI is InChI=1S/C19H23NS.ClH/c1-14(2)19(3)13-21-17-12-8-7-11-16(17)18(20-19)15-9-5-4-6-10-15;/h4-12,14,18,20H,13H2,1-3H3;1H/t18-,19+;/m0./s1. The predicted molar refractivity (Wildman–Crippen MR) is 99.1 cm³/mol. The van der Waals surface area contributed by atoms with Crippen molar-refractivity contribution in [3.63, 3.8) is 0 Å². The topological polar surface area (TPSA) is 12.0 Å². The second kappa shape index (κ2) is 7.08. The zero-order chi connectivity index (χ0) is 14.9. The van der Waals surface area contributed by atoms with Crippen LogP contribution in [-0.2, 0) is 0 Å². The van der Waals surface area contributed by atoms with Gasteiger partial charge in [-0.3, -0.25) is 5.32 Å². The Morgan fingerprint density at radius 1 is 1.05 bits per heavy atom. The van der Waals surface area contributed by atoms with Gasteiger partial charge in [-0.05, 0) is 30.0 Å². The van der Waals surface area contributed by atoms with E-state index in [0.717, 1.165) is 5.75 Å². The third-order valence-corrected chi connectivity index (χ3v) is 6.07. The first-order valence-electron chi connectivity index (χ1n) is 7.64. The van der Waals surface area contributed by atoms with Crippen molar-refractivity contribution in [2.45, 2.75) is 37.2 Å². The smallest absolute Gasteiger partial charge is 0.0592 e. The summed E-state index contributed by atoms with van der Waals surface area (Å²) >= 11 is 1.98. The molecule has 1 heterocycles. The van der Waals surface area contributed by atoms with Crippen LogP contribution >= 0.6 is 24.2 Å². The van der Waals surface area contributed by atoms with Crippen LogP contribution in [0.2, 0.25) is 0 Å². The molecule has 0 bridgehead atoms. The molecule has 1 N–H and O–H groups in total. The maximum Gasteiger partial charge on any atom is 0.0592 e. The summed E-state index contributed by atoms with van der Waals surface area (Å²) < 4.78 is 0. The van der Waals surface area contributed by atoms with E-state index in [2.05, 4.69) is 80.7 Å². The SMILES string of the molecule is CC(C)[C@@]1(C)CSc2ccccc2[C@H](c2ccccc2)N1.Cl. The Morgan fingerprint density at radius 2 is 1.68 bits per heavy atom. The van der Waals surface area contributed by atoms with Crippen molar-refractivity contribution in [2.75, 3.05) is 5.75 Å². The minimum atomic E-state index is 0. The lowest BCUT2D eigenvalue weighted by Crippen LogP contribution is -2.50. The Labute approximate surface area is 144 Å². The molecule has 3 rings (SSSR count). The van der Waals surface area contributed by atoms with Crippen LogP contribution in [0.15, 0.2) is 59.5 Å². The number of fused-ring (bicyclic) bond motifs is 1. The molecule has 118 valence electrons. The summed E-state index contributed by atoms with van der Waals surface area (Å²) in [4.78, 5) is 1.41. The average molecular weight is 334 g/mol. The van der Waals surface area contributed by atoms with Gasteiger partial charge in [-0.2, -0.15) is 0 Å². The normalized spacial score (nSPS) is 24.3. The van der Waals surface area contributed by atoms with E-state index in [4.69, 9.17) is 0 Å². The van der Waals surface area contributed by atoms with Crippen LogP contribution in [-0.4, -0.2) is 11.3 Å². The quantitative estimate of drug-likeness (QED) is 0.799. The molecule has 1 aliphatic rings. The van der Waals surface area contributed by atoms with Crippen molar-refractivity contribution in [3.05, 3.63) is 65.7 Å². The van der Waals surface area contributed by atoms with E-state index < -0.39 is 0 Å². The predicted octanol–water partition coefficient (Wildman–Crippen LogP) is 5.31. The number of rotatable bonds is 2. The maximum absolute atomic E-state index is 3.94. The Bertz CT molecular complexity index is 614. The Morgan fingerprint density at radius 3 is 2.36 bits per heavy atom.